The van der Waals surface area contributed by atoms with Gasteiger partial charge in [0.05, 0.1) is 33.2 Å². The van der Waals surface area contributed by atoms with Gasteiger partial charge in [-0.05, 0) is 41.9 Å². The predicted octanol–water partition coefficient (Wildman–Crippen LogP) is 3.12. The zero-order chi connectivity index (χ0) is 17.7. The van der Waals surface area contributed by atoms with Gasteiger partial charge in [0.2, 0.25) is 11.8 Å². The molecule has 2 bridgehead atoms. The van der Waals surface area contributed by atoms with Crippen LogP contribution in [0.5, 0.6) is 0 Å². The number of amides is 2. The van der Waals surface area contributed by atoms with Crippen LogP contribution in [-0.2, 0) is 14.3 Å². The number of hydrogen-bond acceptors (Lipinski definition) is 5. The van der Waals surface area contributed by atoms with Gasteiger partial charge in [-0.25, -0.2) is 9.88 Å². The second kappa shape index (κ2) is 4.40. The Morgan fingerprint density at radius 3 is 2.32 bits per heavy atom. The number of fused-ring (bicyclic) bond motifs is 6. The van der Waals surface area contributed by atoms with Gasteiger partial charge < -0.3 is 9.15 Å². The Morgan fingerprint density at radius 1 is 1.12 bits per heavy atom. The maximum atomic E-state index is 13.2. The fourth-order valence-corrected chi connectivity index (χ4v) is 4.92. The molecule has 0 aliphatic carbocycles. The van der Waals surface area contributed by atoms with Crippen LogP contribution >= 0.6 is 15.9 Å². The maximum absolute atomic E-state index is 13.2. The molecular formula is C18H15BrN2O4. The smallest absolute Gasteiger partial charge is 0.241 e. The van der Waals surface area contributed by atoms with Crippen molar-refractivity contribution in [2.75, 3.05) is 4.90 Å². The van der Waals surface area contributed by atoms with Crippen LogP contribution in [0.3, 0.4) is 0 Å². The van der Waals surface area contributed by atoms with E-state index in [0.717, 1.165) is 4.47 Å². The van der Waals surface area contributed by atoms with Crippen molar-refractivity contribution >= 4 is 44.5 Å². The van der Waals surface area contributed by atoms with Crippen molar-refractivity contribution in [3.8, 4) is 0 Å². The van der Waals surface area contributed by atoms with Crippen LogP contribution in [0.25, 0.3) is 11.1 Å². The molecule has 0 saturated carbocycles. The number of benzene rings is 1. The molecule has 128 valence electrons. The SMILES string of the molecule is Cc1nc2c(N3C(=O)[C@@H]4[C@H](C3=O)[C@@]3(C)C=C[C@]4(C)O3)ccc(Br)c2o1. The number of aryl methyl sites for hydroxylation is 1. The fourth-order valence-electron chi connectivity index (χ4n) is 4.52. The topological polar surface area (TPSA) is 72.6 Å². The summed E-state index contributed by atoms with van der Waals surface area (Å²) >= 11 is 3.43. The Labute approximate surface area is 151 Å². The van der Waals surface area contributed by atoms with Crippen LogP contribution in [0, 0.1) is 18.8 Å². The van der Waals surface area contributed by atoms with E-state index in [2.05, 4.69) is 20.9 Å². The largest absolute Gasteiger partial charge is 0.440 e. The van der Waals surface area contributed by atoms with Crippen molar-refractivity contribution in [1.29, 1.82) is 0 Å². The van der Waals surface area contributed by atoms with E-state index in [1.165, 1.54) is 4.90 Å². The average Bonchev–Trinajstić information content (AvgIpc) is 3.21. The van der Waals surface area contributed by atoms with Gasteiger partial charge in [0.25, 0.3) is 0 Å². The second-order valence-corrected chi connectivity index (χ2v) is 8.10. The Kier molecular flexibility index (Phi) is 2.69. The first-order valence-electron chi connectivity index (χ1n) is 8.09. The number of carbonyl (C=O) groups is 2. The van der Waals surface area contributed by atoms with E-state index in [4.69, 9.17) is 9.15 Å². The normalized spacial score (nSPS) is 36.1. The van der Waals surface area contributed by atoms with Crippen LogP contribution in [-0.4, -0.2) is 28.0 Å². The first-order valence-corrected chi connectivity index (χ1v) is 8.88. The highest BCUT2D eigenvalue weighted by molar-refractivity contribution is 9.10. The summed E-state index contributed by atoms with van der Waals surface area (Å²) in [6, 6.07) is 3.50. The monoisotopic (exact) mass is 402 g/mol. The maximum Gasteiger partial charge on any atom is 0.241 e. The number of halogens is 1. The van der Waals surface area contributed by atoms with Gasteiger partial charge in [0.15, 0.2) is 11.5 Å². The molecule has 5 rings (SSSR count). The fraction of sp³-hybridized carbons (Fsp3) is 0.389. The molecule has 0 radical (unpaired) electrons. The lowest BCUT2D eigenvalue weighted by Gasteiger charge is -2.25. The third-order valence-corrected chi connectivity index (χ3v) is 6.17. The quantitative estimate of drug-likeness (QED) is 0.541. The minimum Gasteiger partial charge on any atom is -0.440 e. The molecule has 1 aromatic heterocycles. The molecule has 3 aliphatic rings. The molecule has 2 fully saturated rings. The lowest BCUT2D eigenvalue weighted by atomic mass is 9.73. The summed E-state index contributed by atoms with van der Waals surface area (Å²) in [6.45, 7) is 5.47. The lowest BCUT2D eigenvalue weighted by Crippen LogP contribution is -2.39. The molecule has 2 saturated heterocycles. The third kappa shape index (κ3) is 1.70. The van der Waals surface area contributed by atoms with Crippen molar-refractivity contribution in [1.82, 2.24) is 4.98 Å². The van der Waals surface area contributed by atoms with E-state index in [-0.39, 0.29) is 11.8 Å². The van der Waals surface area contributed by atoms with E-state index in [0.29, 0.717) is 22.7 Å². The van der Waals surface area contributed by atoms with E-state index in [1.807, 2.05) is 26.0 Å². The second-order valence-electron chi connectivity index (χ2n) is 7.25. The number of oxazole rings is 1. The molecule has 2 amide bonds. The van der Waals surface area contributed by atoms with Gasteiger partial charge in [0, 0.05) is 6.92 Å². The molecule has 4 heterocycles. The van der Waals surface area contributed by atoms with Crippen LogP contribution in [0.15, 0.2) is 33.2 Å². The lowest BCUT2D eigenvalue weighted by molar-refractivity contribution is -0.128. The molecule has 7 heteroatoms. The summed E-state index contributed by atoms with van der Waals surface area (Å²) in [7, 11) is 0. The molecule has 4 atom stereocenters. The Bertz CT molecular complexity index is 976. The first kappa shape index (κ1) is 15.3. The van der Waals surface area contributed by atoms with Crippen molar-refractivity contribution in [3.05, 3.63) is 34.6 Å². The number of carbonyl (C=O) groups excluding carboxylic acids is 2. The van der Waals surface area contributed by atoms with Crippen molar-refractivity contribution in [3.63, 3.8) is 0 Å². The van der Waals surface area contributed by atoms with E-state index >= 15 is 0 Å². The number of rotatable bonds is 1. The highest BCUT2D eigenvalue weighted by Crippen LogP contribution is 2.57. The Morgan fingerprint density at radius 2 is 1.72 bits per heavy atom. The summed E-state index contributed by atoms with van der Waals surface area (Å²) in [4.78, 5) is 32.0. The highest BCUT2D eigenvalue weighted by Gasteiger charge is 2.70. The number of imide groups is 1. The van der Waals surface area contributed by atoms with Crippen molar-refractivity contribution in [2.45, 2.75) is 32.0 Å². The molecule has 2 aromatic rings. The highest BCUT2D eigenvalue weighted by atomic mass is 79.9. The molecule has 0 N–H and O–H groups in total. The van der Waals surface area contributed by atoms with Crippen LogP contribution in [0.2, 0.25) is 0 Å². The van der Waals surface area contributed by atoms with Crippen molar-refractivity contribution < 1.29 is 18.7 Å². The number of nitrogens with zero attached hydrogens (tertiary/aromatic N) is 2. The summed E-state index contributed by atoms with van der Waals surface area (Å²) < 4.78 is 12.4. The Hall–Kier alpha value is -1.99. The number of hydrogen-bond donors (Lipinski definition) is 0. The summed E-state index contributed by atoms with van der Waals surface area (Å²) in [5.41, 5.74) is 0.0168. The van der Waals surface area contributed by atoms with E-state index in [1.54, 1.807) is 19.1 Å². The first-order chi connectivity index (χ1) is 11.8. The minimum absolute atomic E-state index is 0.241. The van der Waals surface area contributed by atoms with Crippen LogP contribution in [0.4, 0.5) is 5.69 Å². The standard InChI is InChI=1S/C18H15BrN2O4/c1-8-20-13-10(5-4-9(19)14(13)24-8)21-15(22)11-12(16(21)23)18(3)7-6-17(11,2)25-18/h4-7,11-12H,1-3H3/t11-,12+,17-,18+. The molecule has 0 spiro atoms. The molecule has 3 aliphatic heterocycles. The Balaban J connectivity index is 1.70. The number of ether oxygens (including phenoxy) is 1. The van der Waals surface area contributed by atoms with Gasteiger partial charge in [-0.2, -0.15) is 0 Å². The summed E-state index contributed by atoms with van der Waals surface area (Å²) in [5, 5.41) is 0. The summed E-state index contributed by atoms with van der Waals surface area (Å²) in [6.07, 6.45) is 3.81. The van der Waals surface area contributed by atoms with Crippen LogP contribution in [0.1, 0.15) is 19.7 Å². The number of aromatic nitrogens is 1. The molecule has 0 unspecified atom stereocenters. The third-order valence-electron chi connectivity index (χ3n) is 5.55. The predicted molar refractivity (Wildman–Crippen MR) is 93.0 cm³/mol. The average molecular weight is 403 g/mol. The van der Waals surface area contributed by atoms with Gasteiger partial charge in [0.1, 0.15) is 5.52 Å². The zero-order valence-corrected chi connectivity index (χ0v) is 15.5. The van der Waals surface area contributed by atoms with Crippen LogP contribution < -0.4 is 4.90 Å². The zero-order valence-electron chi connectivity index (χ0n) is 13.9. The molecular weight excluding hydrogens is 388 g/mol. The molecule has 25 heavy (non-hydrogen) atoms. The molecule has 1 aromatic carbocycles. The van der Waals surface area contributed by atoms with E-state index in [9.17, 15) is 9.59 Å². The molecule has 6 nitrogen and oxygen atoms in total. The van der Waals surface area contributed by atoms with E-state index < -0.39 is 23.0 Å². The van der Waals surface area contributed by atoms with Gasteiger partial charge in [-0.3, -0.25) is 9.59 Å². The minimum atomic E-state index is -0.741. The van der Waals surface area contributed by atoms with Gasteiger partial charge >= 0.3 is 0 Å². The van der Waals surface area contributed by atoms with Gasteiger partial charge in [-0.1, -0.05) is 12.2 Å². The summed E-state index contributed by atoms with van der Waals surface area (Å²) in [5.74, 6) is -1.03. The number of anilines is 1. The van der Waals surface area contributed by atoms with Gasteiger partial charge in [-0.15, -0.1) is 0 Å². The van der Waals surface area contributed by atoms with Crippen molar-refractivity contribution in [2.24, 2.45) is 11.8 Å².